The lowest BCUT2D eigenvalue weighted by molar-refractivity contribution is 0.293. The van der Waals surface area contributed by atoms with Gasteiger partial charge < -0.3 is 5.32 Å². The van der Waals surface area contributed by atoms with Crippen LogP contribution in [-0.4, -0.2) is 38.9 Å². The Balaban J connectivity index is 2.22. The number of likely N-dealkylation sites (N-methyl/N-ethyl adjacent to an activating group) is 1. The highest BCUT2D eigenvalue weighted by Gasteiger charge is 2.29. The first-order valence-corrected chi connectivity index (χ1v) is 7.72. The van der Waals surface area contributed by atoms with Crippen LogP contribution in [-0.2, 0) is 10.0 Å². The van der Waals surface area contributed by atoms with Crippen LogP contribution in [0.3, 0.4) is 0 Å². The molecule has 1 atom stereocenters. The molecule has 1 aliphatic rings. The molecule has 0 saturated carbocycles. The fraction of sp³-hybridized carbons (Fsp3) is 0.538. The topological polar surface area (TPSA) is 49.4 Å². The molecule has 1 heterocycles. The van der Waals surface area contributed by atoms with Crippen molar-refractivity contribution in [1.29, 1.82) is 0 Å². The average molecular weight is 268 g/mol. The molecule has 5 heteroatoms. The van der Waals surface area contributed by atoms with Gasteiger partial charge in [0.15, 0.2) is 0 Å². The van der Waals surface area contributed by atoms with Crippen molar-refractivity contribution < 1.29 is 8.42 Å². The zero-order valence-electron chi connectivity index (χ0n) is 10.9. The summed E-state index contributed by atoms with van der Waals surface area (Å²) in [6, 6.07) is 7.32. The summed E-state index contributed by atoms with van der Waals surface area (Å²) in [5.41, 5.74) is 1.07. The third-order valence-electron chi connectivity index (χ3n) is 3.45. The van der Waals surface area contributed by atoms with Crippen LogP contribution >= 0.6 is 0 Å². The van der Waals surface area contributed by atoms with Gasteiger partial charge in [-0.1, -0.05) is 17.7 Å². The van der Waals surface area contributed by atoms with Gasteiger partial charge in [-0.3, -0.25) is 0 Å². The van der Waals surface area contributed by atoms with E-state index in [4.69, 9.17) is 0 Å². The van der Waals surface area contributed by atoms with E-state index in [0.29, 0.717) is 18.0 Å². The minimum Gasteiger partial charge on any atom is -0.316 e. The van der Waals surface area contributed by atoms with Gasteiger partial charge >= 0.3 is 0 Å². The van der Waals surface area contributed by atoms with Crippen molar-refractivity contribution in [1.82, 2.24) is 9.62 Å². The summed E-state index contributed by atoms with van der Waals surface area (Å²) in [5, 5.41) is 3.16. The van der Waals surface area contributed by atoms with Crippen LogP contribution in [0, 0.1) is 6.92 Å². The molecule has 0 bridgehead atoms. The second kappa shape index (κ2) is 5.38. The van der Waals surface area contributed by atoms with Gasteiger partial charge in [0.2, 0.25) is 10.0 Å². The molecule has 18 heavy (non-hydrogen) atoms. The molecule has 4 nitrogen and oxygen atoms in total. The number of hydrogen-bond donors (Lipinski definition) is 1. The Morgan fingerprint density at radius 1 is 1.28 bits per heavy atom. The van der Waals surface area contributed by atoms with Crippen molar-refractivity contribution >= 4 is 10.0 Å². The Morgan fingerprint density at radius 3 is 2.56 bits per heavy atom. The van der Waals surface area contributed by atoms with Crippen molar-refractivity contribution in [3.05, 3.63) is 29.8 Å². The molecule has 0 unspecified atom stereocenters. The molecule has 1 aromatic carbocycles. The molecule has 1 aliphatic heterocycles. The Hall–Kier alpha value is -0.910. The normalized spacial score (nSPS) is 22.0. The Labute approximate surface area is 109 Å². The monoisotopic (exact) mass is 268 g/mol. The van der Waals surface area contributed by atoms with Crippen LogP contribution in [0.15, 0.2) is 29.2 Å². The highest BCUT2D eigenvalue weighted by molar-refractivity contribution is 7.89. The van der Waals surface area contributed by atoms with E-state index in [0.717, 1.165) is 18.4 Å². The van der Waals surface area contributed by atoms with E-state index in [9.17, 15) is 8.42 Å². The van der Waals surface area contributed by atoms with Crippen molar-refractivity contribution in [2.24, 2.45) is 0 Å². The maximum absolute atomic E-state index is 12.5. The van der Waals surface area contributed by atoms with E-state index in [-0.39, 0.29) is 6.04 Å². The van der Waals surface area contributed by atoms with Gasteiger partial charge in [0, 0.05) is 19.1 Å². The Bertz CT molecular complexity index is 496. The number of hydrogen-bond acceptors (Lipinski definition) is 3. The second-order valence-electron chi connectivity index (χ2n) is 4.80. The second-order valence-corrected chi connectivity index (χ2v) is 6.74. The van der Waals surface area contributed by atoms with E-state index in [2.05, 4.69) is 5.32 Å². The molecule has 0 aromatic heterocycles. The summed E-state index contributed by atoms with van der Waals surface area (Å²) in [6.45, 7) is 3.13. The number of benzene rings is 1. The smallest absolute Gasteiger partial charge is 0.243 e. The number of rotatable bonds is 3. The van der Waals surface area contributed by atoms with E-state index in [1.165, 1.54) is 0 Å². The first-order chi connectivity index (χ1) is 8.54. The molecule has 1 fully saturated rings. The zero-order valence-corrected chi connectivity index (χ0v) is 11.7. The highest BCUT2D eigenvalue weighted by atomic mass is 32.2. The van der Waals surface area contributed by atoms with Gasteiger partial charge in [-0.05, 0) is 38.9 Å². The van der Waals surface area contributed by atoms with E-state index >= 15 is 0 Å². The summed E-state index contributed by atoms with van der Waals surface area (Å²) >= 11 is 0. The largest absolute Gasteiger partial charge is 0.316 e. The lowest BCUT2D eigenvalue weighted by atomic mass is 10.1. The molecule has 0 aliphatic carbocycles. The highest BCUT2D eigenvalue weighted by Crippen LogP contribution is 2.20. The third-order valence-corrected chi connectivity index (χ3v) is 5.33. The fourth-order valence-electron chi connectivity index (χ4n) is 2.26. The van der Waals surface area contributed by atoms with Crippen molar-refractivity contribution in [2.75, 3.05) is 20.1 Å². The summed E-state index contributed by atoms with van der Waals surface area (Å²) < 4.78 is 26.5. The number of piperidine rings is 1. The summed E-state index contributed by atoms with van der Waals surface area (Å²) in [7, 11) is -1.45. The third kappa shape index (κ3) is 2.74. The minimum atomic E-state index is -3.33. The van der Waals surface area contributed by atoms with Crippen LogP contribution in [0.2, 0.25) is 0 Å². The molecule has 2 rings (SSSR count). The van der Waals surface area contributed by atoms with Crippen molar-refractivity contribution in [3.8, 4) is 0 Å². The number of nitrogens with one attached hydrogen (secondary N) is 1. The summed E-state index contributed by atoms with van der Waals surface area (Å²) in [5.74, 6) is 0. The van der Waals surface area contributed by atoms with Crippen LogP contribution in [0.5, 0.6) is 0 Å². The first kappa shape index (κ1) is 13.5. The van der Waals surface area contributed by atoms with Crippen LogP contribution in [0.1, 0.15) is 18.4 Å². The molecule has 100 valence electrons. The first-order valence-electron chi connectivity index (χ1n) is 6.28. The van der Waals surface area contributed by atoms with E-state index < -0.39 is 10.0 Å². The number of aryl methyl sites for hydroxylation is 1. The number of nitrogens with zero attached hydrogens (tertiary/aromatic N) is 1. The van der Waals surface area contributed by atoms with Gasteiger partial charge in [-0.2, -0.15) is 4.31 Å². The summed E-state index contributed by atoms with van der Waals surface area (Å²) in [6.07, 6.45) is 1.95. The summed E-state index contributed by atoms with van der Waals surface area (Å²) in [4.78, 5) is 0.393. The lowest BCUT2D eigenvalue weighted by Gasteiger charge is -2.31. The molecule has 0 amide bonds. The van der Waals surface area contributed by atoms with Crippen molar-refractivity contribution in [2.45, 2.75) is 30.7 Å². The fourth-order valence-corrected chi connectivity index (χ4v) is 3.78. The zero-order chi connectivity index (χ0) is 13.2. The Morgan fingerprint density at radius 2 is 1.94 bits per heavy atom. The standard InChI is InChI=1S/C13H20N2O2S/c1-11-5-7-13(8-6-11)18(16,17)15-9-3-4-12(10-15)14-2/h5-8,12,14H,3-4,9-10H2,1-2H3/t12-/m0/s1. The molecule has 0 spiro atoms. The van der Waals surface area contributed by atoms with Gasteiger partial charge in [0.25, 0.3) is 0 Å². The lowest BCUT2D eigenvalue weighted by Crippen LogP contribution is -2.46. The van der Waals surface area contributed by atoms with Crippen LogP contribution in [0.4, 0.5) is 0 Å². The van der Waals surface area contributed by atoms with E-state index in [1.807, 2.05) is 26.1 Å². The van der Waals surface area contributed by atoms with Crippen molar-refractivity contribution in [3.63, 3.8) is 0 Å². The molecule has 1 aromatic rings. The van der Waals surface area contributed by atoms with Crippen LogP contribution in [0.25, 0.3) is 0 Å². The van der Waals surface area contributed by atoms with Gasteiger partial charge in [0.05, 0.1) is 4.90 Å². The van der Waals surface area contributed by atoms with Gasteiger partial charge in [-0.15, -0.1) is 0 Å². The van der Waals surface area contributed by atoms with Gasteiger partial charge in [0.1, 0.15) is 0 Å². The predicted octanol–water partition coefficient (Wildman–Crippen LogP) is 1.37. The van der Waals surface area contributed by atoms with Crippen LogP contribution < -0.4 is 5.32 Å². The number of sulfonamides is 1. The molecule has 1 N–H and O–H groups in total. The van der Waals surface area contributed by atoms with Gasteiger partial charge in [-0.25, -0.2) is 8.42 Å². The SMILES string of the molecule is CN[C@H]1CCCN(S(=O)(=O)c2ccc(C)cc2)C1. The maximum atomic E-state index is 12.5. The Kier molecular flexibility index (Phi) is 4.04. The molecule has 1 saturated heterocycles. The minimum absolute atomic E-state index is 0.263. The van der Waals surface area contributed by atoms with E-state index in [1.54, 1.807) is 16.4 Å². The predicted molar refractivity (Wildman–Crippen MR) is 72.0 cm³/mol. The average Bonchev–Trinajstić information content (AvgIpc) is 2.39. The molecular formula is C13H20N2O2S. The molecular weight excluding hydrogens is 248 g/mol. The molecule has 0 radical (unpaired) electrons. The quantitative estimate of drug-likeness (QED) is 0.900. The maximum Gasteiger partial charge on any atom is 0.243 e.